The molecule has 0 unspecified atom stereocenters. The average molecular weight is 345 g/mol. The maximum Gasteiger partial charge on any atom is 0.240 e. The second kappa shape index (κ2) is 8.79. The molecule has 2 fully saturated rings. The lowest BCUT2D eigenvalue weighted by molar-refractivity contribution is -0.129. The van der Waals surface area contributed by atoms with Crippen LogP contribution in [0.25, 0.3) is 0 Å². The van der Waals surface area contributed by atoms with Gasteiger partial charge < -0.3 is 15.4 Å². The third kappa shape index (κ3) is 5.27. The molecule has 3 rings (SSSR count). The number of carbonyl (C=O) groups is 1. The van der Waals surface area contributed by atoms with Crippen LogP contribution in [0.5, 0.6) is 0 Å². The van der Waals surface area contributed by atoms with E-state index < -0.39 is 0 Å². The van der Waals surface area contributed by atoms with Gasteiger partial charge in [-0.05, 0) is 49.9 Å². The summed E-state index contributed by atoms with van der Waals surface area (Å²) < 4.78 is 5.53. The number of amides is 1. The van der Waals surface area contributed by atoms with Crippen LogP contribution < -0.4 is 10.6 Å². The number of likely N-dealkylation sites (tertiary alicyclic amines) is 1. The van der Waals surface area contributed by atoms with Crippen molar-refractivity contribution in [3.8, 4) is 0 Å². The molecule has 2 saturated heterocycles. The van der Waals surface area contributed by atoms with Gasteiger partial charge in [0, 0.05) is 19.6 Å². The number of carbonyl (C=O) groups excluding carboxylic acids is 1. The van der Waals surface area contributed by atoms with Crippen LogP contribution in [-0.4, -0.2) is 49.2 Å². The van der Waals surface area contributed by atoms with E-state index in [-0.39, 0.29) is 18.1 Å². The fourth-order valence-corrected chi connectivity index (χ4v) is 3.57. The summed E-state index contributed by atoms with van der Waals surface area (Å²) in [5.74, 6) is 0.882. The molecule has 0 bridgehead atoms. The summed E-state index contributed by atoms with van der Waals surface area (Å²) in [7, 11) is 0. The first-order chi connectivity index (χ1) is 12.1. The van der Waals surface area contributed by atoms with Gasteiger partial charge in [-0.25, -0.2) is 0 Å². The molecule has 1 aromatic rings. The molecule has 5 heteroatoms. The van der Waals surface area contributed by atoms with Gasteiger partial charge in [-0.1, -0.05) is 31.2 Å². The van der Waals surface area contributed by atoms with Crippen molar-refractivity contribution < 1.29 is 9.53 Å². The minimum atomic E-state index is -0.255. The van der Waals surface area contributed by atoms with E-state index in [1.54, 1.807) is 0 Å². The molecule has 1 amide bonds. The van der Waals surface area contributed by atoms with Gasteiger partial charge in [0.1, 0.15) is 6.04 Å². The highest BCUT2D eigenvalue weighted by Crippen LogP contribution is 2.18. The monoisotopic (exact) mass is 345 g/mol. The summed E-state index contributed by atoms with van der Waals surface area (Å²) in [6, 6.07) is 8.36. The molecule has 0 spiro atoms. The molecule has 2 aliphatic heterocycles. The highest BCUT2D eigenvalue weighted by molar-refractivity contribution is 5.82. The molecule has 2 atom stereocenters. The largest absolute Gasteiger partial charge is 0.375 e. The highest BCUT2D eigenvalue weighted by atomic mass is 16.5. The van der Waals surface area contributed by atoms with Crippen LogP contribution in [-0.2, 0) is 22.6 Å². The predicted octanol–water partition coefficient (Wildman–Crippen LogP) is 1.91. The minimum Gasteiger partial charge on any atom is -0.375 e. The summed E-state index contributed by atoms with van der Waals surface area (Å²) in [6.45, 7) is 9.67. The predicted molar refractivity (Wildman–Crippen MR) is 99.2 cm³/mol. The first-order valence-electron chi connectivity index (χ1n) is 9.54. The van der Waals surface area contributed by atoms with Crippen LogP contribution in [0.4, 0.5) is 0 Å². The Hall–Kier alpha value is -1.43. The quantitative estimate of drug-likeness (QED) is 0.856. The molecule has 0 aliphatic carbocycles. The van der Waals surface area contributed by atoms with Gasteiger partial charge in [-0.15, -0.1) is 0 Å². The maximum absolute atomic E-state index is 12.3. The highest BCUT2D eigenvalue weighted by Gasteiger charge is 2.27. The van der Waals surface area contributed by atoms with Crippen LogP contribution in [0.2, 0.25) is 0 Å². The van der Waals surface area contributed by atoms with Crippen molar-refractivity contribution in [2.45, 2.75) is 51.9 Å². The zero-order chi connectivity index (χ0) is 17.6. The van der Waals surface area contributed by atoms with E-state index in [2.05, 4.69) is 46.7 Å². The van der Waals surface area contributed by atoms with Crippen molar-refractivity contribution in [1.29, 1.82) is 0 Å². The Bertz CT molecular complexity index is 553. The number of nitrogens with zero attached hydrogens (tertiary/aromatic N) is 1. The van der Waals surface area contributed by atoms with Gasteiger partial charge in [0.15, 0.2) is 0 Å². The van der Waals surface area contributed by atoms with E-state index in [0.29, 0.717) is 13.2 Å². The zero-order valence-corrected chi connectivity index (χ0v) is 15.5. The van der Waals surface area contributed by atoms with Crippen molar-refractivity contribution >= 4 is 5.91 Å². The Labute approximate surface area is 151 Å². The summed E-state index contributed by atoms with van der Waals surface area (Å²) >= 11 is 0. The Balaban J connectivity index is 1.45. The Kier molecular flexibility index (Phi) is 6.45. The number of morpholine rings is 1. The van der Waals surface area contributed by atoms with Gasteiger partial charge in [-0.3, -0.25) is 9.69 Å². The van der Waals surface area contributed by atoms with E-state index in [0.717, 1.165) is 24.6 Å². The van der Waals surface area contributed by atoms with Crippen molar-refractivity contribution in [1.82, 2.24) is 15.5 Å². The van der Waals surface area contributed by atoms with E-state index >= 15 is 0 Å². The molecule has 2 aliphatic rings. The zero-order valence-electron chi connectivity index (χ0n) is 15.5. The Morgan fingerprint density at radius 1 is 1.20 bits per heavy atom. The fourth-order valence-electron chi connectivity index (χ4n) is 3.57. The number of piperidine rings is 1. The second-order valence-corrected chi connectivity index (χ2v) is 7.50. The molecular weight excluding hydrogens is 314 g/mol. The summed E-state index contributed by atoms with van der Waals surface area (Å²) in [5.41, 5.74) is 2.48. The topological polar surface area (TPSA) is 53.6 Å². The first kappa shape index (κ1) is 18.4. The molecule has 25 heavy (non-hydrogen) atoms. The first-order valence-corrected chi connectivity index (χ1v) is 9.54. The lowest BCUT2D eigenvalue weighted by Crippen LogP contribution is -2.55. The molecule has 1 aromatic carbocycles. The maximum atomic E-state index is 12.3. The Morgan fingerprint density at radius 2 is 1.88 bits per heavy atom. The number of rotatable bonds is 5. The lowest BCUT2D eigenvalue weighted by Gasteiger charge is -2.30. The molecule has 2 heterocycles. The second-order valence-electron chi connectivity index (χ2n) is 7.50. The summed E-state index contributed by atoms with van der Waals surface area (Å²) in [5, 5.41) is 6.23. The lowest BCUT2D eigenvalue weighted by atomic mass is 9.99. The number of hydrogen-bond donors (Lipinski definition) is 2. The van der Waals surface area contributed by atoms with Crippen LogP contribution in [0.15, 0.2) is 24.3 Å². The third-order valence-corrected chi connectivity index (χ3v) is 5.37. The van der Waals surface area contributed by atoms with E-state index in [4.69, 9.17) is 4.74 Å². The molecule has 138 valence electrons. The van der Waals surface area contributed by atoms with E-state index in [1.807, 2.05) is 6.92 Å². The van der Waals surface area contributed by atoms with E-state index in [1.165, 1.54) is 31.5 Å². The molecular formula is C20H31N3O2. The number of benzene rings is 1. The number of hydrogen-bond acceptors (Lipinski definition) is 4. The Morgan fingerprint density at radius 3 is 2.56 bits per heavy atom. The van der Waals surface area contributed by atoms with E-state index in [9.17, 15) is 4.79 Å². The van der Waals surface area contributed by atoms with Crippen LogP contribution in [0.3, 0.4) is 0 Å². The smallest absolute Gasteiger partial charge is 0.240 e. The van der Waals surface area contributed by atoms with Gasteiger partial charge in [-0.2, -0.15) is 0 Å². The van der Waals surface area contributed by atoms with Crippen molar-refractivity contribution in [2.24, 2.45) is 5.92 Å². The molecule has 2 N–H and O–H groups in total. The van der Waals surface area contributed by atoms with Crippen molar-refractivity contribution in [3.05, 3.63) is 35.4 Å². The van der Waals surface area contributed by atoms with Crippen LogP contribution >= 0.6 is 0 Å². The number of ether oxygens (including phenoxy) is 1. The minimum absolute atomic E-state index is 0.0127. The van der Waals surface area contributed by atoms with Gasteiger partial charge in [0.25, 0.3) is 0 Å². The molecule has 0 saturated carbocycles. The third-order valence-electron chi connectivity index (χ3n) is 5.37. The standard InChI is InChI=1S/C20H31N3O2/c1-15-7-10-23(11-8-15)14-18-5-3-17(4-6-18)13-22-20(24)19-16(2)25-12-9-21-19/h3-6,15-16,19,21H,7-14H2,1-2H3,(H,22,24)/t16-,19+/m1/s1. The van der Waals surface area contributed by atoms with Crippen LogP contribution in [0, 0.1) is 5.92 Å². The molecule has 0 aromatic heterocycles. The van der Waals surface area contributed by atoms with Gasteiger partial charge in [0.05, 0.1) is 12.7 Å². The SMILES string of the molecule is CC1CCN(Cc2ccc(CNC(=O)[C@H]3NCCO[C@@H]3C)cc2)CC1. The molecule has 0 radical (unpaired) electrons. The van der Waals surface area contributed by atoms with Crippen molar-refractivity contribution in [2.75, 3.05) is 26.2 Å². The summed E-state index contributed by atoms with van der Waals surface area (Å²) in [6.07, 6.45) is 2.53. The normalized spacial score (nSPS) is 25.7. The number of nitrogens with one attached hydrogen (secondary N) is 2. The summed E-state index contributed by atoms with van der Waals surface area (Å²) in [4.78, 5) is 14.8. The van der Waals surface area contributed by atoms with Crippen molar-refractivity contribution in [3.63, 3.8) is 0 Å². The molecule has 5 nitrogen and oxygen atoms in total. The fraction of sp³-hybridized carbons (Fsp3) is 0.650. The van der Waals surface area contributed by atoms with Gasteiger partial charge >= 0.3 is 0 Å². The van der Waals surface area contributed by atoms with Crippen LogP contribution in [0.1, 0.15) is 37.8 Å². The average Bonchev–Trinajstić information content (AvgIpc) is 2.63. The van der Waals surface area contributed by atoms with Gasteiger partial charge in [0.2, 0.25) is 5.91 Å².